The van der Waals surface area contributed by atoms with Crippen LogP contribution < -0.4 is 5.32 Å². The van der Waals surface area contributed by atoms with Crippen LogP contribution in [-0.2, 0) is 12.8 Å². The fraction of sp³-hybridized carbons (Fsp3) is 0.429. The zero-order valence-corrected chi connectivity index (χ0v) is 14.8. The third-order valence-corrected chi connectivity index (χ3v) is 5.39. The molecule has 2 aromatic rings. The van der Waals surface area contributed by atoms with Gasteiger partial charge in [-0.2, -0.15) is 0 Å². The quantitative estimate of drug-likeness (QED) is 0.832. The fourth-order valence-corrected chi connectivity index (χ4v) is 4.08. The lowest BCUT2D eigenvalue weighted by atomic mass is 9.77. The SMILES string of the molecule is C#Cc1ccc(-c2nnc(NC3CC(C)(O)C3)c3c2CCCC3)c(F)c1. The van der Waals surface area contributed by atoms with E-state index in [0.29, 0.717) is 29.7 Å². The van der Waals surface area contributed by atoms with Crippen molar-refractivity contribution in [2.24, 2.45) is 0 Å². The molecule has 2 aliphatic rings. The second-order valence-electron chi connectivity index (χ2n) is 7.65. The highest BCUT2D eigenvalue weighted by Crippen LogP contribution is 2.37. The van der Waals surface area contributed by atoms with Crippen molar-refractivity contribution in [1.82, 2.24) is 10.2 Å². The Balaban J connectivity index is 1.70. The van der Waals surface area contributed by atoms with E-state index in [9.17, 15) is 9.50 Å². The van der Waals surface area contributed by atoms with Gasteiger partial charge in [-0.25, -0.2) is 4.39 Å². The molecule has 0 radical (unpaired) electrons. The molecule has 1 aromatic heterocycles. The molecule has 2 aliphatic carbocycles. The van der Waals surface area contributed by atoms with Crippen molar-refractivity contribution in [3.05, 3.63) is 40.7 Å². The average Bonchev–Trinajstić information content (AvgIpc) is 2.61. The van der Waals surface area contributed by atoms with Crippen molar-refractivity contribution in [1.29, 1.82) is 0 Å². The number of nitrogens with zero attached hydrogens (tertiary/aromatic N) is 2. The molecule has 26 heavy (non-hydrogen) atoms. The minimum atomic E-state index is -0.590. The van der Waals surface area contributed by atoms with E-state index in [0.717, 1.165) is 42.6 Å². The summed E-state index contributed by atoms with van der Waals surface area (Å²) in [6.45, 7) is 1.85. The molecular formula is C21H22FN3O. The van der Waals surface area contributed by atoms with E-state index in [1.807, 2.05) is 6.92 Å². The molecule has 1 aromatic carbocycles. The van der Waals surface area contributed by atoms with Crippen molar-refractivity contribution < 1.29 is 9.50 Å². The van der Waals surface area contributed by atoms with Crippen molar-refractivity contribution in [3.8, 4) is 23.6 Å². The number of aromatic nitrogens is 2. The van der Waals surface area contributed by atoms with Gasteiger partial charge in [0.1, 0.15) is 5.82 Å². The molecule has 1 heterocycles. The number of anilines is 1. The number of benzene rings is 1. The zero-order chi connectivity index (χ0) is 18.3. The molecule has 1 saturated carbocycles. The smallest absolute Gasteiger partial charge is 0.152 e. The molecule has 0 atom stereocenters. The highest BCUT2D eigenvalue weighted by Gasteiger charge is 2.39. The summed E-state index contributed by atoms with van der Waals surface area (Å²) in [6, 6.07) is 5.01. The largest absolute Gasteiger partial charge is 0.390 e. The molecule has 2 N–H and O–H groups in total. The Hall–Kier alpha value is -2.45. The maximum atomic E-state index is 14.5. The summed E-state index contributed by atoms with van der Waals surface area (Å²) in [4.78, 5) is 0. The molecule has 4 nitrogen and oxygen atoms in total. The molecule has 4 rings (SSSR count). The number of aliphatic hydroxyl groups is 1. The lowest BCUT2D eigenvalue weighted by molar-refractivity contribution is -0.0235. The first-order chi connectivity index (χ1) is 12.5. The monoisotopic (exact) mass is 351 g/mol. The van der Waals surface area contributed by atoms with Gasteiger partial charge >= 0.3 is 0 Å². The molecule has 134 valence electrons. The average molecular weight is 351 g/mol. The standard InChI is InChI=1S/C21H22FN3O/c1-3-13-8-9-17(18(22)10-13)19-15-6-4-5-7-16(15)20(25-24-19)23-14-11-21(2,26)12-14/h1,8-10,14,26H,4-7,11-12H2,2H3,(H,23,25). The maximum absolute atomic E-state index is 14.5. The molecule has 0 saturated heterocycles. The van der Waals surface area contributed by atoms with E-state index in [-0.39, 0.29) is 11.9 Å². The van der Waals surface area contributed by atoms with Crippen LogP contribution in [0.2, 0.25) is 0 Å². The Kier molecular flexibility index (Phi) is 4.16. The number of fused-ring (bicyclic) bond motifs is 1. The van der Waals surface area contributed by atoms with Crippen molar-refractivity contribution >= 4 is 5.82 Å². The van der Waals surface area contributed by atoms with Gasteiger partial charge in [-0.3, -0.25) is 0 Å². The van der Waals surface area contributed by atoms with E-state index < -0.39 is 5.60 Å². The van der Waals surface area contributed by atoms with Crippen LogP contribution in [0, 0.1) is 18.2 Å². The normalized spacial score (nSPS) is 24.3. The molecule has 5 heteroatoms. The van der Waals surface area contributed by atoms with Crippen LogP contribution in [0.3, 0.4) is 0 Å². The predicted molar refractivity (Wildman–Crippen MR) is 99.3 cm³/mol. The van der Waals surface area contributed by atoms with Crippen LogP contribution in [0.25, 0.3) is 11.3 Å². The third-order valence-electron chi connectivity index (χ3n) is 5.39. The Morgan fingerprint density at radius 2 is 1.96 bits per heavy atom. The summed E-state index contributed by atoms with van der Waals surface area (Å²) in [5.74, 6) is 2.87. The number of hydrogen-bond donors (Lipinski definition) is 2. The summed E-state index contributed by atoms with van der Waals surface area (Å²) in [6.07, 6.45) is 10.7. The highest BCUT2D eigenvalue weighted by molar-refractivity contribution is 5.69. The summed E-state index contributed by atoms with van der Waals surface area (Å²) in [5.41, 5.74) is 3.20. The Morgan fingerprint density at radius 3 is 2.62 bits per heavy atom. The maximum Gasteiger partial charge on any atom is 0.152 e. The minimum absolute atomic E-state index is 0.211. The van der Waals surface area contributed by atoms with Crippen LogP contribution in [0.15, 0.2) is 18.2 Å². The second-order valence-corrected chi connectivity index (χ2v) is 7.65. The number of rotatable bonds is 3. The zero-order valence-electron chi connectivity index (χ0n) is 14.8. The number of nitrogens with one attached hydrogen (secondary N) is 1. The minimum Gasteiger partial charge on any atom is -0.390 e. The lowest BCUT2D eigenvalue weighted by Gasteiger charge is -2.41. The van der Waals surface area contributed by atoms with Gasteiger partial charge in [0.05, 0.1) is 11.3 Å². The number of hydrogen-bond acceptors (Lipinski definition) is 4. The van der Waals surface area contributed by atoms with E-state index >= 15 is 0 Å². The van der Waals surface area contributed by atoms with Crippen LogP contribution in [0.5, 0.6) is 0 Å². The molecule has 1 fully saturated rings. The number of halogens is 1. The predicted octanol–water partition coefficient (Wildman–Crippen LogP) is 3.47. The van der Waals surface area contributed by atoms with Gasteiger partial charge in [0, 0.05) is 22.7 Å². The Labute approximate surface area is 152 Å². The summed E-state index contributed by atoms with van der Waals surface area (Å²) in [7, 11) is 0. The van der Waals surface area contributed by atoms with Crippen molar-refractivity contribution in [2.45, 2.75) is 57.1 Å². The molecule has 0 bridgehead atoms. The van der Waals surface area contributed by atoms with Gasteiger partial charge in [-0.05, 0) is 69.2 Å². The van der Waals surface area contributed by atoms with Crippen LogP contribution in [0.1, 0.15) is 49.3 Å². The topological polar surface area (TPSA) is 58.0 Å². The van der Waals surface area contributed by atoms with Crippen LogP contribution in [-0.4, -0.2) is 26.9 Å². The van der Waals surface area contributed by atoms with Crippen molar-refractivity contribution in [2.75, 3.05) is 5.32 Å². The van der Waals surface area contributed by atoms with Crippen LogP contribution >= 0.6 is 0 Å². The third kappa shape index (κ3) is 3.06. The van der Waals surface area contributed by atoms with E-state index in [1.54, 1.807) is 12.1 Å². The van der Waals surface area contributed by atoms with Gasteiger partial charge in [-0.1, -0.05) is 5.92 Å². The van der Waals surface area contributed by atoms with Gasteiger partial charge in [0.15, 0.2) is 5.82 Å². The van der Waals surface area contributed by atoms with Gasteiger partial charge in [-0.15, -0.1) is 16.6 Å². The van der Waals surface area contributed by atoms with Crippen molar-refractivity contribution in [3.63, 3.8) is 0 Å². The van der Waals surface area contributed by atoms with E-state index in [1.165, 1.54) is 6.07 Å². The molecule has 0 amide bonds. The first kappa shape index (κ1) is 17.0. The first-order valence-corrected chi connectivity index (χ1v) is 9.11. The van der Waals surface area contributed by atoms with Crippen LogP contribution in [0.4, 0.5) is 10.2 Å². The van der Waals surface area contributed by atoms with Gasteiger partial charge < -0.3 is 10.4 Å². The highest BCUT2D eigenvalue weighted by atomic mass is 19.1. The second kappa shape index (κ2) is 6.37. The molecule has 0 unspecified atom stereocenters. The summed E-state index contributed by atoms with van der Waals surface area (Å²) < 4.78 is 14.5. The van der Waals surface area contributed by atoms with E-state index in [4.69, 9.17) is 6.42 Å². The van der Waals surface area contributed by atoms with Gasteiger partial charge in [0.2, 0.25) is 0 Å². The van der Waals surface area contributed by atoms with Gasteiger partial charge in [0.25, 0.3) is 0 Å². The summed E-state index contributed by atoms with van der Waals surface area (Å²) >= 11 is 0. The molecule has 0 aliphatic heterocycles. The van der Waals surface area contributed by atoms with E-state index in [2.05, 4.69) is 21.4 Å². The number of terminal acetylenes is 1. The molecule has 0 spiro atoms. The summed E-state index contributed by atoms with van der Waals surface area (Å²) in [5, 5.41) is 22.1. The Morgan fingerprint density at radius 1 is 1.23 bits per heavy atom. The fourth-order valence-electron chi connectivity index (χ4n) is 4.08. The Bertz CT molecular complexity index is 893. The molecular weight excluding hydrogens is 329 g/mol. The lowest BCUT2D eigenvalue weighted by Crippen LogP contribution is -2.48. The first-order valence-electron chi connectivity index (χ1n) is 9.11.